The first-order chi connectivity index (χ1) is 11.0. The highest BCUT2D eigenvalue weighted by Crippen LogP contribution is 2.12. The van der Waals surface area contributed by atoms with E-state index in [-0.39, 0.29) is 24.8 Å². The minimum atomic E-state index is -1.05. The summed E-state index contributed by atoms with van der Waals surface area (Å²) in [4.78, 5) is 38.7. The van der Waals surface area contributed by atoms with Crippen molar-refractivity contribution in [3.63, 3.8) is 0 Å². The summed E-state index contributed by atoms with van der Waals surface area (Å²) in [7, 11) is 0. The van der Waals surface area contributed by atoms with Crippen molar-refractivity contribution in [1.29, 1.82) is 0 Å². The molecule has 2 amide bonds. The zero-order chi connectivity index (χ0) is 17.2. The lowest BCUT2D eigenvalue weighted by atomic mass is 10.1. The Morgan fingerprint density at radius 1 is 1.17 bits per heavy atom. The van der Waals surface area contributed by atoms with Gasteiger partial charge >= 0.3 is 5.97 Å². The molecule has 1 unspecified atom stereocenters. The van der Waals surface area contributed by atoms with Crippen LogP contribution in [0.5, 0.6) is 0 Å². The van der Waals surface area contributed by atoms with E-state index < -0.39 is 12.0 Å². The molecule has 0 spiro atoms. The molecule has 0 aromatic rings. The topological polar surface area (TPSA) is 87.2 Å². The first kappa shape index (κ1) is 19.4. The number of rotatable bonds is 9. The molecule has 0 bridgehead atoms. The van der Waals surface area contributed by atoms with Gasteiger partial charge in [-0.1, -0.05) is 13.8 Å². The third-order valence-electron chi connectivity index (χ3n) is 3.85. The van der Waals surface area contributed by atoms with E-state index >= 15 is 0 Å². The highest BCUT2D eigenvalue weighted by atomic mass is 16.5. The third-order valence-corrected chi connectivity index (χ3v) is 3.85. The van der Waals surface area contributed by atoms with Crippen LogP contribution in [0.4, 0.5) is 0 Å². The van der Waals surface area contributed by atoms with E-state index in [9.17, 15) is 14.4 Å². The molecule has 1 fully saturated rings. The maximum Gasteiger partial charge on any atom is 0.328 e. The van der Waals surface area contributed by atoms with Crippen molar-refractivity contribution in [2.45, 2.75) is 52.0 Å². The van der Waals surface area contributed by atoms with Crippen molar-refractivity contribution in [2.24, 2.45) is 0 Å². The van der Waals surface area contributed by atoms with Gasteiger partial charge in [-0.15, -0.1) is 0 Å². The Bertz CT molecular complexity index is 407. The number of nitrogens with zero attached hydrogens (tertiary/aromatic N) is 2. The Hall–Kier alpha value is -1.63. The fraction of sp³-hybridized carbons (Fsp3) is 0.812. The number of amides is 2. The molecule has 1 aliphatic heterocycles. The first-order valence-corrected chi connectivity index (χ1v) is 8.39. The monoisotopic (exact) mass is 328 g/mol. The van der Waals surface area contributed by atoms with Gasteiger partial charge in [0.15, 0.2) is 6.04 Å². The average Bonchev–Trinajstić information content (AvgIpc) is 2.54. The van der Waals surface area contributed by atoms with E-state index in [0.29, 0.717) is 26.0 Å². The van der Waals surface area contributed by atoms with Crippen LogP contribution in [0.25, 0.3) is 0 Å². The van der Waals surface area contributed by atoms with Gasteiger partial charge < -0.3 is 19.6 Å². The Balaban J connectivity index is 2.42. The van der Waals surface area contributed by atoms with Gasteiger partial charge in [0, 0.05) is 32.5 Å². The largest absolute Gasteiger partial charge is 0.480 e. The summed E-state index contributed by atoms with van der Waals surface area (Å²) in [5.74, 6) is -1.20. The summed E-state index contributed by atoms with van der Waals surface area (Å²) < 4.78 is 5.12. The molecule has 0 aliphatic carbocycles. The Morgan fingerprint density at radius 3 is 2.39 bits per heavy atom. The lowest BCUT2D eigenvalue weighted by Gasteiger charge is -2.33. The average molecular weight is 328 g/mol. The minimum absolute atomic E-state index is 0.0286. The van der Waals surface area contributed by atoms with E-state index in [4.69, 9.17) is 9.84 Å². The van der Waals surface area contributed by atoms with Gasteiger partial charge in [0.1, 0.15) is 0 Å². The molecule has 0 saturated carbocycles. The fourth-order valence-corrected chi connectivity index (χ4v) is 2.70. The van der Waals surface area contributed by atoms with Crippen molar-refractivity contribution in [1.82, 2.24) is 9.80 Å². The predicted molar refractivity (Wildman–Crippen MR) is 85.0 cm³/mol. The van der Waals surface area contributed by atoms with Crippen molar-refractivity contribution < 1.29 is 24.2 Å². The number of hydrogen-bond donors (Lipinski definition) is 1. The highest BCUT2D eigenvalue weighted by molar-refractivity contribution is 5.84. The molecule has 7 heteroatoms. The number of carbonyl (C=O) groups is 3. The summed E-state index contributed by atoms with van der Waals surface area (Å²) in [6.07, 6.45) is 2.80. The van der Waals surface area contributed by atoms with Gasteiger partial charge in [0.2, 0.25) is 11.8 Å². The quantitative estimate of drug-likeness (QED) is 0.685. The van der Waals surface area contributed by atoms with Crippen LogP contribution in [0, 0.1) is 0 Å². The molecule has 1 rings (SSSR count). The number of carboxylic acid groups (broad SMARTS) is 1. The van der Waals surface area contributed by atoms with Gasteiger partial charge in [-0.3, -0.25) is 9.59 Å². The zero-order valence-electron chi connectivity index (χ0n) is 14.1. The van der Waals surface area contributed by atoms with E-state index in [2.05, 4.69) is 0 Å². The molecule has 1 saturated heterocycles. The summed E-state index contributed by atoms with van der Waals surface area (Å²) in [5, 5.41) is 9.13. The van der Waals surface area contributed by atoms with Gasteiger partial charge in [-0.05, 0) is 19.3 Å². The molecule has 0 radical (unpaired) electrons. The Labute approximate surface area is 137 Å². The summed E-state index contributed by atoms with van der Waals surface area (Å²) in [6, 6.07) is -0.913. The van der Waals surface area contributed by atoms with Crippen LogP contribution in [0.2, 0.25) is 0 Å². The van der Waals surface area contributed by atoms with E-state index in [1.807, 2.05) is 18.7 Å². The zero-order valence-corrected chi connectivity index (χ0v) is 14.1. The molecule has 1 heterocycles. The lowest BCUT2D eigenvalue weighted by molar-refractivity contribution is -0.158. The number of carbonyl (C=O) groups excluding carboxylic acids is 2. The van der Waals surface area contributed by atoms with Gasteiger partial charge in [-0.2, -0.15) is 0 Å². The van der Waals surface area contributed by atoms with Gasteiger partial charge in [-0.25, -0.2) is 4.79 Å². The molecular formula is C16H28N2O5. The van der Waals surface area contributed by atoms with Crippen LogP contribution in [0.3, 0.4) is 0 Å². The highest BCUT2D eigenvalue weighted by Gasteiger charge is 2.32. The lowest BCUT2D eigenvalue weighted by Crippen LogP contribution is -2.52. The summed E-state index contributed by atoms with van der Waals surface area (Å²) in [6.45, 7) is 6.22. The SMILES string of the molecule is CCCN(CCC)C(=O)CCCC(=O)N1CCOCC1C(=O)O. The van der Waals surface area contributed by atoms with Crippen molar-refractivity contribution in [2.75, 3.05) is 32.8 Å². The number of ether oxygens (including phenoxy) is 1. The van der Waals surface area contributed by atoms with Crippen LogP contribution in [0.1, 0.15) is 46.0 Å². The number of hydrogen-bond acceptors (Lipinski definition) is 4. The van der Waals surface area contributed by atoms with E-state index in [0.717, 1.165) is 25.9 Å². The Morgan fingerprint density at radius 2 is 1.83 bits per heavy atom. The van der Waals surface area contributed by atoms with E-state index in [1.165, 1.54) is 4.90 Å². The standard InChI is InChI=1S/C16H28N2O5/c1-3-8-17(9-4-2)14(19)6-5-7-15(20)18-10-11-23-12-13(18)16(21)22/h13H,3-12H2,1-2H3,(H,21,22). The predicted octanol–water partition coefficient (Wildman–Crippen LogP) is 1.12. The smallest absolute Gasteiger partial charge is 0.328 e. The normalized spacial score (nSPS) is 17.8. The second kappa shape index (κ2) is 10.2. The first-order valence-electron chi connectivity index (χ1n) is 8.39. The number of morpholine rings is 1. The molecule has 0 aromatic heterocycles. The molecule has 23 heavy (non-hydrogen) atoms. The van der Waals surface area contributed by atoms with Crippen LogP contribution in [-0.4, -0.2) is 71.6 Å². The number of aliphatic carboxylic acids is 1. The molecule has 132 valence electrons. The van der Waals surface area contributed by atoms with Crippen molar-refractivity contribution in [3.05, 3.63) is 0 Å². The second-order valence-corrected chi connectivity index (χ2v) is 5.75. The minimum Gasteiger partial charge on any atom is -0.480 e. The van der Waals surface area contributed by atoms with Gasteiger partial charge in [0.05, 0.1) is 13.2 Å². The second-order valence-electron chi connectivity index (χ2n) is 5.75. The number of carboxylic acids is 1. The third kappa shape index (κ3) is 6.17. The maximum absolute atomic E-state index is 12.2. The molecule has 1 aliphatic rings. The maximum atomic E-state index is 12.2. The fourth-order valence-electron chi connectivity index (χ4n) is 2.70. The molecular weight excluding hydrogens is 300 g/mol. The Kier molecular flexibility index (Phi) is 8.61. The van der Waals surface area contributed by atoms with E-state index in [1.54, 1.807) is 0 Å². The summed E-state index contributed by atoms with van der Waals surface area (Å²) >= 11 is 0. The molecule has 1 atom stereocenters. The van der Waals surface area contributed by atoms with Crippen LogP contribution in [0.15, 0.2) is 0 Å². The molecule has 7 nitrogen and oxygen atoms in total. The van der Waals surface area contributed by atoms with Crippen molar-refractivity contribution >= 4 is 17.8 Å². The van der Waals surface area contributed by atoms with Crippen molar-refractivity contribution in [3.8, 4) is 0 Å². The summed E-state index contributed by atoms with van der Waals surface area (Å²) in [5.41, 5.74) is 0. The molecule has 0 aromatic carbocycles. The van der Waals surface area contributed by atoms with Crippen LogP contribution < -0.4 is 0 Å². The van der Waals surface area contributed by atoms with Crippen LogP contribution >= 0.6 is 0 Å². The van der Waals surface area contributed by atoms with Crippen LogP contribution in [-0.2, 0) is 19.1 Å². The van der Waals surface area contributed by atoms with Gasteiger partial charge in [0.25, 0.3) is 0 Å². The molecule has 1 N–H and O–H groups in total.